The Bertz CT molecular complexity index is 1240. The third kappa shape index (κ3) is 4.25. The van der Waals surface area contributed by atoms with Crippen LogP contribution in [0.4, 0.5) is 11.4 Å². The van der Waals surface area contributed by atoms with Gasteiger partial charge in [-0.25, -0.2) is 29.9 Å². The molecule has 0 bridgehead atoms. The highest BCUT2D eigenvalue weighted by Gasteiger charge is 2.09. The molecule has 0 radical (unpaired) electrons. The lowest BCUT2D eigenvalue weighted by molar-refractivity contribution is 1.06. The minimum absolute atomic E-state index is 0.620. The highest BCUT2D eigenvalue weighted by molar-refractivity contribution is 5.78. The number of nitrogens with zero attached hydrogens (tertiary/aromatic N) is 6. The Labute approximate surface area is 179 Å². The quantitative estimate of drug-likeness (QED) is 0.451. The predicted octanol–water partition coefficient (Wildman–Crippen LogP) is 4.80. The van der Waals surface area contributed by atoms with Crippen molar-refractivity contribution in [1.82, 2.24) is 29.9 Å². The monoisotopic (exact) mass is 403 g/mol. The van der Waals surface area contributed by atoms with Gasteiger partial charge in [0.25, 0.3) is 0 Å². The molecule has 2 aromatic heterocycles. The van der Waals surface area contributed by atoms with Crippen LogP contribution in [-0.2, 0) is 0 Å². The lowest BCUT2D eigenvalue weighted by Crippen LogP contribution is -1.95. The molecule has 0 spiro atoms. The second-order valence-electron chi connectivity index (χ2n) is 6.79. The van der Waals surface area contributed by atoms with Crippen LogP contribution in [0.3, 0.4) is 0 Å². The van der Waals surface area contributed by atoms with Crippen molar-refractivity contribution in [2.24, 2.45) is 0 Å². The Balaban J connectivity index is 1.55. The molecule has 0 aliphatic rings. The summed E-state index contributed by atoms with van der Waals surface area (Å²) in [7, 11) is 0. The molecule has 148 valence electrons. The van der Waals surface area contributed by atoms with Crippen LogP contribution in [0.25, 0.3) is 33.9 Å². The summed E-state index contributed by atoms with van der Waals surface area (Å²) in [6.07, 6.45) is 5.99. The van der Waals surface area contributed by atoms with E-state index in [4.69, 9.17) is 0 Å². The van der Waals surface area contributed by atoms with Gasteiger partial charge in [0, 0.05) is 22.5 Å². The SMILES string of the molecule is c1ccc(-c2cc(Nc3cccc(-c4ncncn4)c3)cc(-c3ncncn3)c2)cc1. The number of hydrogen-bond acceptors (Lipinski definition) is 7. The third-order valence-electron chi connectivity index (χ3n) is 4.69. The Kier molecular flexibility index (Phi) is 5.05. The van der Waals surface area contributed by atoms with E-state index in [2.05, 4.69) is 59.5 Å². The zero-order chi connectivity index (χ0) is 20.9. The van der Waals surface area contributed by atoms with E-state index in [1.165, 1.54) is 25.3 Å². The molecule has 0 unspecified atom stereocenters. The van der Waals surface area contributed by atoms with Crippen LogP contribution in [0.1, 0.15) is 0 Å². The number of benzene rings is 3. The summed E-state index contributed by atoms with van der Waals surface area (Å²) < 4.78 is 0. The highest BCUT2D eigenvalue weighted by Crippen LogP contribution is 2.31. The Morgan fingerprint density at radius 3 is 1.74 bits per heavy atom. The summed E-state index contributed by atoms with van der Waals surface area (Å²) >= 11 is 0. The van der Waals surface area contributed by atoms with E-state index in [0.29, 0.717) is 11.6 Å². The number of anilines is 2. The summed E-state index contributed by atoms with van der Waals surface area (Å²) in [6, 6.07) is 24.4. The Morgan fingerprint density at radius 1 is 0.452 bits per heavy atom. The summed E-state index contributed by atoms with van der Waals surface area (Å²) in [4.78, 5) is 24.9. The van der Waals surface area contributed by atoms with Gasteiger partial charge in [0.05, 0.1) is 0 Å². The average Bonchev–Trinajstić information content (AvgIpc) is 2.86. The van der Waals surface area contributed by atoms with Gasteiger partial charge in [-0.1, -0.05) is 42.5 Å². The Morgan fingerprint density at radius 2 is 1.03 bits per heavy atom. The highest BCUT2D eigenvalue weighted by atomic mass is 15.0. The van der Waals surface area contributed by atoms with Crippen molar-refractivity contribution in [2.45, 2.75) is 0 Å². The van der Waals surface area contributed by atoms with Crippen molar-refractivity contribution in [3.8, 4) is 33.9 Å². The first-order chi connectivity index (χ1) is 15.3. The summed E-state index contributed by atoms with van der Waals surface area (Å²) in [5.74, 6) is 1.25. The van der Waals surface area contributed by atoms with E-state index in [0.717, 1.165) is 33.6 Å². The summed E-state index contributed by atoms with van der Waals surface area (Å²) in [6.45, 7) is 0. The summed E-state index contributed by atoms with van der Waals surface area (Å²) in [5.41, 5.74) is 5.83. The molecule has 5 rings (SSSR count). The van der Waals surface area contributed by atoms with Crippen LogP contribution >= 0.6 is 0 Å². The number of aromatic nitrogens is 6. The zero-order valence-corrected chi connectivity index (χ0v) is 16.4. The molecule has 3 aromatic carbocycles. The number of hydrogen-bond donors (Lipinski definition) is 1. The van der Waals surface area contributed by atoms with Gasteiger partial charge in [0.1, 0.15) is 25.3 Å². The van der Waals surface area contributed by atoms with Gasteiger partial charge in [-0.2, -0.15) is 0 Å². The van der Waals surface area contributed by atoms with Crippen LogP contribution in [0, 0.1) is 0 Å². The summed E-state index contributed by atoms with van der Waals surface area (Å²) in [5, 5.41) is 3.49. The molecule has 7 nitrogen and oxygen atoms in total. The van der Waals surface area contributed by atoms with Gasteiger partial charge in [-0.05, 0) is 41.5 Å². The molecule has 0 aliphatic heterocycles. The molecule has 1 N–H and O–H groups in total. The molecule has 0 aliphatic carbocycles. The van der Waals surface area contributed by atoms with Crippen LogP contribution in [0.15, 0.2) is 98.1 Å². The maximum atomic E-state index is 4.31. The fraction of sp³-hybridized carbons (Fsp3) is 0. The first-order valence-electron chi connectivity index (χ1n) is 9.67. The lowest BCUT2D eigenvalue weighted by atomic mass is 10.0. The molecule has 0 saturated heterocycles. The average molecular weight is 403 g/mol. The largest absolute Gasteiger partial charge is 0.355 e. The van der Waals surface area contributed by atoms with Gasteiger partial charge < -0.3 is 5.32 Å². The molecule has 7 heteroatoms. The van der Waals surface area contributed by atoms with E-state index in [9.17, 15) is 0 Å². The molecule has 0 saturated carbocycles. The van der Waals surface area contributed by atoms with E-state index in [-0.39, 0.29) is 0 Å². The molecule has 5 aromatic rings. The van der Waals surface area contributed by atoms with Crippen molar-refractivity contribution in [3.05, 3.63) is 98.1 Å². The predicted molar refractivity (Wildman–Crippen MR) is 119 cm³/mol. The van der Waals surface area contributed by atoms with Crippen LogP contribution < -0.4 is 5.32 Å². The van der Waals surface area contributed by atoms with Crippen LogP contribution in [-0.4, -0.2) is 29.9 Å². The van der Waals surface area contributed by atoms with E-state index in [1.807, 2.05) is 48.5 Å². The van der Waals surface area contributed by atoms with Crippen molar-refractivity contribution in [3.63, 3.8) is 0 Å². The van der Waals surface area contributed by atoms with E-state index < -0.39 is 0 Å². The van der Waals surface area contributed by atoms with Crippen molar-refractivity contribution < 1.29 is 0 Å². The van der Waals surface area contributed by atoms with E-state index >= 15 is 0 Å². The van der Waals surface area contributed by atoms with Crippen LogP contribution in [0.2, 0.25) is 0 Å². The molecule has 31 heavy (non-hydrogen) atoms. The van der Waals surface area contributed by atoms with Crippen LogP contribution in [0.5, 0.6) is 0 Å². The minimum atomic E-state index is 0.620. The molecule has 2 heterocycles. The van der Waals surface area contributed by atoms with Crippen molar-refractivity contribution >= 4 is 11.4 Å². The Hall–Kier alpha value is -4.52. The fourth-order valence-corrected chi connectivity index (χ4v) is 3.31. The lowest BCUT2D eigenvalue weighted by Gasteiger charge is -2.12. The maximum Gasteiger partial charge on any atom is 0.162 e. The molecular weight excluding hydrogens is 386 g/mol. The van der Waals surface area contributed by atoms with Gasteiger partial charge >= 0.3 is 0 Å². The van der Waals surface area contributed by atoms with Gasteiger partial charge in [-0.15, -0.1) is 0 Å². The van der Waals surface area contributed by atoms with Gasteiger partial charge in [-0.3, -0.25) is 0 Å². The third-order valence-corrected chi connectivity index (χ3v) is 4.69. The molecule has 0 amide bonds. The smallest absolute Gasteiger partial charge is 0.162 e. The zero-order valence-electron chi connectivity index (χ0n) is 16.4. The maximum absolute atomic E-state index is 4.31. The second kappa shape index (κ2) is 8.46. The minimum Gasteiger partial charge on any atom is -0.355 e. The van der Waals surface area contributed by atoms with Gasteiger partial charge in [0.15, 0.2) is 11.6 Å². The first kappa shape index (κ1) is 18.5. The van der Waals surface area contributed by atoms with Crippen molar-refractivity contribution in [1.29, 1.82) is 0 Å². The normalized spacial score (nSPS) is 10.6. The fourth-order valence-electron chi connectivity index (χ4n) is 3.31. The van der Waals surface area contributed by atoms with E-state index in [1.54, 1.807) is 0 Å². The molecule has 0 atom stereocenters. The van der Waals surface area contributed by atoms with Gasteiger partial charge in [0.2, 0.25) is 0 Å². The molecule has 0 fully saturated rings. The van der Waals surface area contributed by atoms with Crippen molar-refractivity contribution in [2.75, 3.05) is 5.32 Å². The number of rotatable bonds is 5. The number of nitrogens with one attached hydrogen (secondary N) is 1. The second-order valence-corrected chi connectivity index (χ2v) is 6.79. The topological polar surface area (TPSA) is 89.4 Å². The first-order valence-corrected chi connectivity index (χ1v) is 9.67. The standard InChI is InChI=1S/C24H17N7/c1-2-5-17(6-3-1)19-9-20(24-29-15-26-16-30-24)12-22(11-19)31-21-8-4-7-18(10-21)23-27-13-25-14-28-23/h1-16,31H. The molecular formula is C24H17N7.